The molecule has 1 aromatic rings. The van der Waals surface area contributed by atoms with E-state index in [0.29, 0.717) is 12.0 Å². The molecule has 4 nitrogen and oxygen atoms in total. The number of carbonyl (C=O) groups is 1. The largest absolute Gasteiger partial charge is 0.466 e. The monoisotopic (exact) mass is 311 g/mol. The molecular formula is C16H25NO3S. The van der Waals surface area contributed by atoms with Crippen LogP contribution in [0.2, 0.25) is 0 Å². The molecule has 2 rings (SSSR count). The second-order valence-corrected chi connectivity index (χ2v) is 7.35. The quantitative estimate of drug-likeness (QED) is 0.778. The van der Waals surface area contributed by atoms with E-state index in [4.69, 9.17) is 9.47 Å². The number of hydrogen-bond acceptors (Lipinski definition) is 5. The van der Waals surface area contributed by atoms with Crippen molar-refractivity contribution in [2.45, 2.75) is 58.5 Å². The Morgan fingerprint density at radius 3 is 2.57 bits per heavy atom. The van der Waals surface area contributed by atoms with Gasteiger partial charge in [0.05, 0.1) is 18.7 Å². The average molecular weight is 311 g/mol. The summed E-state index contributed by atoms with van der Waals surface area (Å²) in [6, 6.07) is 0. The highest BCUT2D eigenvalue weighted by Gasteiger charge is 2.41. The van der Waals surface area contributed by atoms with Crippen LogP contribution in [0, 0.1) is 5.41 Å². The summed E-state index contributed by atoms with van der Waals surface area (Å²) in [5, 5.41) is 2.95. The molecule has 0 atom stereocenters. The van der Waals surface area contributed by atoms with Gasteiger partial charge in [0.1, 0.15) is 10.6 Å². The van der Waals surface area contributed by atoms with Crippen molar-refractivity contribution in [1.82, 2.24) is 4.98 Å². The maximum absolute atomic E-state index is 11.5. The van der Waals surface area contributed by atoms with E-state index in [0.717, 1.165) is 36.4 Å². The molecule has 1 aromatic heterocycles. The first-order chi connectivity index (χ1) is 9.91. The highest BCUT2D eigenvalue weighted by molar-refractivity contribution is 7.09. The van der Waals surface area contributed by atoms with Crippen LogP contribution >= 0.6 is 11.3 Å². The fraction of sp³-hybridized carbons (Fsp3) is 0.750. The zero-order valence-electron chi connectivity index (χ0n) is 13.4. The van der Waals surface area contributed by atoms with Crippen LogP contribution in [0.15, 0.2) is 5.38 Å². The Balaban J connectivity index is 2.10. The first kappa shape index (κ1) is 16.4. The van der Waals surface area contributed by atoms with Crippen LogP contribution in [0.5, 0.6) is 0 Å². The minimum atomic E-state index is -0.271. The number of methoxy groups -OCH3 is 1. The van der Waals surface area contributed by atoms with Crippen molar-refractivity contribution < 1.29 is 14.3 Å². The van der Waals surface area contributed by atoms with Crippen molar-refractivity contribution in [2.75, 3.05) is 13.7 Å². The second kappa shape index (κ2) is 6.44. The first-order valence-corrected chi connectivity index (χ1v) is 8.44. The van der Waals surface area contributed by atoms with E-state index in [1.165, 1.54) is 0 Å². The number of hydrogen-bond donors (Lipinski definition) is 0. The summed E-state index contributed by atoms with van der Waals surface area (Å²) in [6.45, 7) is 6.84. The molecule has 5 heteroatoms. The van der Waals surface area contributed by atoms with Crippen molar-refractivity contribution in [2.24, 2.45) is 5.41 Å². The highest BCUT2D eigenvalue weighted by Crippen LogP contribution is 2.47. The Morgan fingerprint density at radius 2 is 2.00 bits per heavy atom. The van der Waals surface area contributed by atoms with E-state index >= 15 is 0 Å². The van der Waals surface area contributed by atoms with Gasteiger partial charge in [-0.1, -0.05) is 13.8 Å². The summed E-state index contributed by atoms with van der Waals surface area (Å²) in [5.41, 5.74) is 0.898. The van der Waals surface area contributed by atoms with Crippen molar-refractivity contribution in [1.29, 1.82) is 0 Å². The predicted octanol–water partition coefficient (Wildman–Crippen LogP) is 3.69. The third kappa shape index (κ3) is 3.83. The van der Waals surface area contributed by atoms with Gasteiger partial charge in [0.15, 0.2) is 0 Å². The topological polar surface area (TPSA) is 48.4 Å². The minimum Gasteiger partial charge on any atom is -0.466 e. The SMILES string of the molecule is CCOC(=O)Cc1csc(C2(OC)CCC(C)(C)CC2)n1. The normalized spacial score (nSPS) is 20.2. The van der Waals surface area contributed by atoms with E-state index < -0.39 is 0 Å². The van der Waals surface area contributed by atoms with Gasteiger partial charge in [-0.15, -0.1) is 11.3 Å². The zero-order chi connectivity index (χ0) is 15.5. The lowest BCUT2D eigenvalue weighted by molar-refractivity contribution is -0.142. The molecule has 0 amide bonds. The molecule has 118 valence electrons. The van der Waals surface area contributed by atoms with Crippen molar-refractivity contribution in [3.63, 3.8) is 0 Å². The lowest BCUT2D eigenvalue weighted by Gasteiger charge is -2.41. The Hall–Kier alpha value is -0.940. The first-order valence-electron chi connectivity index (χ1n) is 7.56. The zero-order valence-corrected chi connectivity index (χ0v) is 14.2. The molecule has 0 aliphatic heterocycles. The van der Waals surface area contributed by atoms with Crippen molar-refractivity contribution in [3.05, 3.63) is 16.1 Å². The Labute approximate surface area is 130 Å². The molecule has 0 radical (unpaired) electrons. The minimum absolute atomic E-state index is 0.217. The summed E-state index contributed by atoms with van der Waals surface area (Å²) < 4.78 is 10.8. The second-order valence-electron chi connectivity index (χ2n) is 6.49. The fourth-order valence-electron chi connectivity index (χ4n) is 2.79. The van der Waals surface area contributed by atoms with Gasteiger partial charge in [0, 0.05) is 12.5 Å². The van der Waals surface area contributed by atoms with E-state index in [9.17, 15) is 4.79 Å². The number of rotatable bonds is 5. The number of esters is 1. The van der Waals surface area contributed by atoms with Gasteiger partial charge in [-0.05, 0) is 38.0 Å². The smallest absolute Gasteiger partial charge is 0.311 e. The summed E-state index contributed by atoms with van der Waals surface area (Å²) in [7, 11) is 1.77. The third-order valence-corrected chi connectivity index (χ3v) is 5.45. The predicted molar refractivity (Wildman–Crippen MR) is 83.4 cm³/mol. The molecule has 0 spiro atoms. The van der Waals surface area contributed by atoms with Gasteiger partial charge < -0.3 is 9.47 Å². The number of aromatic nitrogens is 1. The molecule has 0 bridgehead atoms. The van der Waals surface area contributed by atoms with Crippen LogP contribution in [0.3, 0.4) is 0 Å². The fourth-order valence-corrected chi connectivity index (χ4v) is 3.85. The van der Waals surface area contributed by atoms with Gasteiger partial charge in [-0.25, -0.2) is 4.98 Å². The van der Waals surface area contributed by atoms with E-state index in [-0.39, 0.29) is 18.0 Å². The molecule has 21 heavy (non-hydrogen) atoms. The molecule has 1 fully saturated rings. The maximum atomic E-state index is 11.5. The summed E-state index contributed by atoms with van der Waals surface area (Å²) in [5.74, 6) is -0.217. The lowest BCUT2D eigenvalue weighted by Crippen LogP contribution is -2.36. The van der Waals surface area contributed by atoms with Gasteiger partial charge in [-0.2, -0.15) is 0 Å². The Bertz CT molecular complexity index is 485. The third-order valence-electron chi connectivity index (χ3n) is 4.37. The van der Waals surface area contributed by atoms with Crippen LogP contribution in [-0.2, 0) is 26.3 Å². The molecule has 1 aliphatic rings. The van der Waals surface area contributed by atoms with Crippen LogP contribution < -0.4 is 0 Å². The van der Waals surface area contributed by atoms with E-state index in [1.54, 1.807) is 18.4 Å². The lowest BCUT2D eigenvalue weighted by atomic mass is 9.71. The van der Waals surface area contributed by atoms with Crippen LogP contribution in [0.4, 0.5) is 0 Å². The van der Waals surface area contributed by atoms with Crippen LogP contribution in [-0.4, -0.2) is 24.7 Å². The molecule has 0 saturated heterocycles. The highest BCUT2D eigenvalue weighted by atomic mass is 32.1. The molecule has 0 aromatic carbocycles. The van der Waals surface area contributed by atoms with Crippen molar-refractivity contribution >= 4 is 17.3 Å². The van der Waals surface area contributed by atoms with Crippen molar-refractivity contribution in [3.8, 4) is 0 Å². The van der Waals surface area contributed by atoms with E-state index in [1.807, 2.05) is 12.3 Å². The Kier molecular flexibility index (Phi) is 5.04. The van der Waals surface area contributed by atoms with Crippen LogP contribution in [0.25, 0.3) is 0 Å². The molecule has 0 N–H and O–H groups in total. The maximum Gasteiger partial charge on any atom is 0.311 e. The van der Waals surface area contributed by atoms with Gasteiger partial charge in [-0.3, -0.25) is 4.79 Å². The van der Waals surface area contributed by atoms with Gasteiger partial charge in [0.2, 0.25) is 0 Å². The summed E-state index contributed by atoms with van der Waals surface area (Å²) in [4.78, 5) is 16.2. The number of carbonyl (C=O) groups excluding carboxylic acids is 1. The van der Waals surface area contributed by atoms with Gasteiger partial charge >= 0.3 is 5.97 Å². The van der Waals surface area contributed by atoms with Crippen LogP contribution in [0.1, 0.15) is 57.2 Å². The molecule has 1 aliphatic carbocycles. The number of nitrogens with zero attached hydrogens (tertiary/aromatic N) is 1. The average Bonchev–Trinajstić information content (AvgIpc) is 2.89. The molecular weight excluding hydrogens is 286 g/mol. The molecule has 0 unspecified atom stereocenters. The standard InChI is InChI=1S/C16H25NO3S/c1-5-20-13(18)10-12-11-21-14(17-12)16(19-4)8-6-15(2,3)7-9-16/h11H,5-10H2,1-4H3. The molecule has 1 saturated carbocycles. The Morgan fingerprint density at radius 1 is 1.33 bits per heavy atom. The summed E-state index contributed by atoms with van der Waals surface area (Å²) in [6.07, 6.45) is 4.49. The number of ether oxygens (including phenoxy) is 2. The number of thiazole rings is 1. The van der Waals surface area contributed by atoms with Gasteiger partial charge in [0.25, 0.3) is 0 Å². The summed E-state index contributed by atoms with van der Waals surface area (Å²) >= 11 is 1.60. The molecule has 1 heterocycles. The van der Waals surface area contributed by atoms with E-state index in [2.05, 4.69) is 18.8 Å².